The second kappa shape index (κ2) is 13.4. The van der Waals surface area contributed by atoms with E-state index in [1.807, 2.05) is 30.3 Å². The van der Waals surface area contributed by atoms with Crippen molar-refractivity contribution in [2.75, 3.05) is 14.2 Å². The number of nitro groups is 1. The average Bonchev–Trinajstić information content (AvgIpc) is 2.92. The van der Waals surface area contributed by atoms with Crippen molar-refractivity contribution >= 4 is 23.7 Å². The third-order valence-electron chi connectivity index (χ3n) is 5.42. The maximum atomic E-state index is 12.4. The van der Waals surface area contributed by atoms with Gasteiger partial charge in [-0.2, -0.15) is 5.10 Å². The monoisotopic (exact) mass is 520 g/mol. The van der Waals surface area contributed by atoms with E-state index in [1.54, 1.807) is 31.4 Å². The fourth-order valence-corrected chi connectivity index (χ4v) is 3.38. The average molecular weight is 521 g/mol. The van der Waals surface area contributed by atoms with Gasteiger partial charge in [0.05, 0.1) is 43.4 Å². The van der Waals surface area contributed by atoms with Gasteiger partial charge in [-0.05, 0) is 36.2 Å². The number of hydrazone groups is 1. The maximum absolute atomic E-state index is 12.4. The Kier molecular flexibility index (Phi) is 9.75. The van der Waals surface area contributed by atoms with Gasteiger partial charge in [0.25, 0.3) is 11.6 Å². The largest absolute Gasteiger partial charge is 0.497 e. The van der Waals surface area contributed by atoms with Gasteiger partial charge >= 0.3 is 0 Å². The van der Waals surface area contributed by atoms with Crippen LogP contribution in [0.25, 0.3) is 0 Å². The molecular formula is C27H28N4O7. The van der Waals surface area contributed by atoms with Crippen molar-refractivity contribution < 1.29 is 28.7 Å². The lowest BCUT2D eigenvalue weighted by molar-refractivity contribution is -0.385. The molecule has 38 heavy (non-hydrogen) atoms. The van der Waals surface area contributed by atoms with Crippen LogP contribution in [-0.2, 0) is 22.6 Å². The van der Waals surface area contributed by atoms with Crippen molar-refractivity contribution in [2.45, 2.75) is 26.0 Å². The summed E-state index contributed by atoms with van der Waals surface area (Å²) in [7, 11) is 2.96. The fraction of sp³-hybridized carbons (Fsp3) is 0.222. The molecule has 0 aliphatic rings. The van der Waals surface area contributed by atoms with E-state index in [4.69, 9.17) is 14.2 Å². The van der Waals surface area contributed by atoms with Crippen molar-refractivity contribution in [1.82, 2.24) is 10.7 Å². The molecule has 0 saturated heterocycles. The van der Waals surface area contributed by atoms with E-state index in [0.29, 0.717) is 5.75 Å². The molecule has 11 heteroatoms. The van der Waals surface area contributed by atoms with E-state index in [0.717, 1.165) is 17.3 Å². The molecule has 11 nitrogen and oxygen atoms in total. The van der Waals surface area contributed by atoms with Crippen molar-refractivity contribution in [3.63, 3.8) is 0 Å². The second-order valence-electron chi connectivity index (χ2n) is 8.14. The lowest BCUT2D eigenvalue weighted by atomic mass is 10.1. The molecule has 0 bridgehead atoms. The third kappa shape index (κ3) is 7.79. The number of amides is 2. The molecule has 3 aromatic rings. The molecule has 0 aliphatic heterocycles. The van der Waals surface area contributed by atoms with Gasteiger partial charge in [-0.15, -0.1) is 0 Å². The van der Waals surface area contributed by atoms with Crippen LogP contribution >= 0.6 is 0 Å². The van der Waals surface area contributed by atoms with Crippen LogP contribution < -0.4 is 25.0 Å². The standard InChI is InChI=1S/C27H28N4O7/c1-18(29-26(32)13-19-9-11-22(36-2)12-10-19)27(33)30-28-16-21-14-24(37-3)25(15-23(21)31(34)35)38-17-20-7-5-4-6-8-20/h4-12,14-16,18H,13,17H2,1-3H3,(H,29,32)(H,30,33). The summed E-state index contributed by atoms with van der Waals surface area (Å²) in [5, 5.41) is 18.1. The number of nitrogens with one attached hydrogen (secondary N) is 2. The molecular weight excluding hydrogens is 492 g/mol. The van der Waals surface area contributed by atoms with E-state index < -0.39 is 16.9 Å². The molecule has 0 heterocycles. The Labute approximate surface area is 219 Å². The van der Waals surface area contributed by atoms with Gasteiger partial charge in [-0.1, -0.05) is 42.5 Å². The van der Waals surface area contributed by atoms with Gasteiger partial charge < -0.3 is 19.5 Å². The Bertz CT molecular complexity index is 1290. The van der Waals surface area contributed by atoms with Gasteiger partial charge in [0.15, 0.2) is 11.5 Å². The first-order valence-electron chi connectivity index (χ1n) is 11.6. The number of hydrogen-bond acceptors (Lipinski definition) is 8. The van der Waals surface area contributed by atoms with Gasteiger partial charge in [0.1, 0.15) is 18.4 Å². The number of benzene rings is 3. The number of ether oxygens (including phenoxy) is 3. The first kappa shape index (κ1) is 27.7. The fourth-order valence-electron chi connectivity index (χ4n) is 3.38. The molecule has 0 fully saturated rings. The third-order valence-corrected chi connectivity index (χ3v) is 5.42. The number of nitrogens with zero attached hydrogens (tertiary/aromatic N) is 2. The molecule has 0 aliphatic carbocycles. The van der Waals surface area contributed by atoms with E-state index in [-0.39, 0.29) is 41.7 Å². The smallest absolute Gasteiger partial charge is 0.282 e. The summed E-state index contributed by atoms with van der Waals surface area (Å²) >= 11 is 0. The number of nitro benzene ring substituents is 1. The highest BCUT2D eigenvalue weighted by Crippen LogP contribution is 2.34. The summed E-state index contributed by atoms with van der Waals surface area (Å²) in [5.41, 5.74) is 3.73. The summed E-state index contributed by atoms with van der Waals surface area (Å²) in [6.07, 6.45) is 1.21. The first-order valence-corrected chi connectivity index (χ1v) is 11.6. The highest BCUT2D eigenvalue weighted by atomic mass is 16.6. The number of carbonyl (C=O) groups is 2. The molecule has 0 spiro atoms. The number of hydrogen-bond donors (Lipinski definition) is 2. The maximum Gasteiger partial charge on any atom is 0.282 e. The van der Waals surface area contributed by atoms with Crippen LogP contribution in [0.5, 0.6) is 17.2 Å². The normalized spacial score (nSPS) is 11.4. The summed E-state index contributed by atoms with van der Waals surface area (Å²) < 4.78 is 16.2. The van der Waals surface area contributed by atoms with Crippen LogP contribution in [0.15, 0.2) is 71.8 Å². The topological polar surface area (TPSA) is 141 Å². The quantitative estimate of drug-likeness (QED) is 0.212. The second-order valence-corrected chi connectivity index (χ2v) is 8.14. The van der Waals surface area contributed by atoms with E-state index >= 15 is 0 Å². The van der Waals surface area contributed by atoms with Crippen molar-refractivity contribution in [3.05, 3.63) is 93.5 Å². The first-order chi connectivity index (χ1) is 18.3. The molecule has 3 aromatic carbocycles. The SMILES string of the molecule is COc1ccc(CC(=O)NC(C)C(=O)NN=Cc2cc(OC)c(OCc3ccccc3)cc2[N+](=O)[O-])cc1. The summed E-state index contributed by atoms with van der Waals surface area (Å²) in [6.45, 7) is 1.70. The number of carbonyl (C=O) groups excluding carboxylic acids is 2. The molecule has 0 saturated carbocycles. The summed E-state index contributed by atoms with van der Waals surface area (Å²) in [5.74, 6) is 0.179. The van der Waals surface area contributed by atoms with Gasteiger partial charge in [-0.3, -0.25) is 19.7 Å². The Hall–Kier alpha value is -4.93. The van der Waals surface area contributed by atoms with E-state index in [2.05, 4.69) is 15.8 Å². The molecule has 0 aromatic heterocycles. The number of rotatable bonds is 12. The van der Waals surface area contributed by atoms with Crippen LogP contribution in [0.2, 0.25) is 0 Å². The van der Waals surface area contributed by atoms with Crippen molar-refractivity contribution in [3.8, 4) is 17.2 Å². The Morgan fingerprint density at radius 1 is 1.00 bits per heavy atom. The van der Waals surface area contributed by atoms with Gasteiger partial charge in [0, 0.05) is 0 Å². The zero-order valence-corrected chi connectivity index (χ0v) is 21.2. The lowest BCUT2D eigenvalue weighted by Gasteiger charge is -2.13. The highest BCUT2D eigenvalue weighted by molar-refractivity contribution is 5.90. The predicted molar refractivity (Wildman–Crippen MR) is 140 cm³/mol. The van der Waals surface area contributed by atoms with Crippen molar-refractivity contribution in [2.24, 2.45) is 5.10 Å². The molecule has 198 valence electrons. The predicted octanol–water partition coefficient (Wildman–Crippen LogP) is 3.39. The van der Waals surface area contributed by atoms with Gasteiger partial charge in [0.2, 0.25) is 5.91 Å². The molecule has 0 radical (unpaired) electrons. The van der Waals surface area contributed by atoms with E-state index in [1.165, 1.54) is 26.2 Å². The Balaban J connectivity index is 1.62. The van der Waals surface area contributed by atoms with Crippen LogP contribution in [0.1, 0.15) is 23.6 Å². The minimum absolute atomic E-state index is 0.0789. The lowest BCUT2D eigenvalue weighted by Crippen LogP contribution is -2.43. The Morgan fingerprint density at radius 2 is 1.71 bits per heavy atom. The molecule has 1 atom stereocenters. The zero-order valence-electron chi connectivity index (χ0n) is 21.2. The van der Waals surface area contributed by atoms with E-state index in [9.17, 15) is 19.7 Å². The van der Waals surface area contributed by atoms with Crippen LogP contribution in [0.3, 0.4) is 0 Å². The highest BCUT2D eigenvalue weighted by Gasteiger charge is 2.20. The molecule has 2 amide bonds. The summed E-state index contributed by atoms with van der Waals surface area (Å²) in [6, 6.07) is 18.1. The molecule has 1 unspecified atom stereocenters. The minimum atomic E-state index is -0.892. The van der Waals surface area contributed by atoms with Crippen LogP contribution in [-0.4, -0.2) is 43.2 Å². The van der Waals surface area contributed by atoms with Gasteiger partial charge in [-0.25, -0.2) is 5.43 Å². The zero-order chi connectivity index (χ0) is 27.5. The van der Waals surface area contributed by atoms with Crippen LogP contribution in [0.4, 0.5) is 5.69 Å². The molecule has 2 N–H and O–H groups in total. The van der Waals surface area contributed by atoms with Crippen LogP contribution in [0, 0.1) is 10.1 Å². The van der Waals surface area contributed by atoms with Crippen molar-refractivity contribution in [1.29, 1.82) is 0 Å². The summed E-state index contributed by atoms with van der Waals surface area (Å²) in [4.78, 5) is 35.8. The Morgan fingerprint density at radius 3 is 2.34 bits per heavy atom. The molecule has 3 rings (SSSR count). The minimum Gasteiger partial charge on any atom is -0.497 e. The number of methoxy groups -OCH3 is 2.